The van der Waals surface area contributed by atoms with Crippen molar-refractivity contribution in [3.63, 3.8) is 0 Å². The van der Waals surface area contributed by atoms with Crippen LogP contribution in [0.5, 0.6) is 0 Å². The Hall–Kier alpha value is -3.48. The second-order valence-corrected chi connectivity index (χ2v) is 4.03. The Morgan fingerprint density at radius 2 is 1.56 bits per heavy atom. The van der Waals surface area contributed by atoms with Crippen molar-refractivity contribution >= 4 is 23.8 Å². The molecule has 0 unspecified atom stereocenters. The van der Waals surface area contributed by atoms with Crippen LogP contribution in [-0.2, 0) is 19.1 Å². The molecule has 0 aliphatic carbocycles. The number of carbonyl (C=O) groups excluding carboxylic acids is 4. The van der Waals surface area contributed by atoms with E-state index >= 15 is 0 Å². The van der Waals surface area contributed by atoms with Crippen LogP contribution < -0.4 is 22.1 Å². The van der Waals surface area contributed by atoms with E-state index in [-0.39, 0.29) is 13.2 Å². The van der Waals surface area contributed by atoms with E-state index in [0.29, 0.717) is 0 Å². The third kappa shape index (κ3) is 5.28. The van der Waals surface area contributed by atoms with Crippen molar-refractivity contribution in [3.8, 4) is 0 Å². The van der Waals surface area contributed by atoms with Crippen LogP contribution in [0, 0.1) is 0 Å². The highest BCUT2D eigenvalue weighted by molar-refractivity contribution is 6.14. The highest BCUT2D eigenvalue weighted by Crippen LogP contribution is 2.03. The summed E-state index contributed by atoms with van der Waals surface area (Å²) in [6.07, 6.45) is 0.865. The molecule has 0 saturated heterocycles. The maximum Gasteiger partial charge on any atom is 0.347 e. The molecule has 136 valence electrons. The van der Waals surface area contributed by atoms with Crippen molar-refractivity contribution in [1.29, 1.82) is 0 Å². The second kappa shape index (κ2) is 9.61. The molecule has 1 aromatic rings. The number of nitrogens with one attached hydrogen (secondary N) is 3. The molecule has 1 aromatic heterocycles. The lowest BCUT2D eigenvalue weighted by Crippen LogP contribution is -2.37. The predicted octanol–water partition coefficient (Wildman–Crippen LogP) is -2.08. The van der Waals surface area contributed by atoms with E-state index < -0.39 is 40.7 Å². The normalized spacial score (nSPS) is 9.56. The molecular weight excluding hydrogens is 340 g/mol. The number of esters is 2. The molecule has 0 saturated carbocycles. The monoisotopic (exact) mass is 356 g/mol. The molecule has 0 atom stereocenters. The van der Waals surface area contributed by atoms with Crippen molar-refractivity contribution in [2.75, 3.05) is 13.2 Å². The molecule has 0 aromatic carbocycles. The second-order valence-electron chi connectivity index (χ2n) is 4.03. The van der Waals surface area contributed by atoms with Gasteiger partial charge in [-0.3, -0.25) is 20.4 Å². The average molecular weight is 356 g/mol. The number of nitrogens with zero attached hydrogens (tertiary/aromatic N) is 2. The Kier molecular flexibility index (Phi) is 7.52. The number of amides is 2. The maximum absolute atomic E-state index is 11.9. The van der Waals surface area contributed by atoms with E-state index in [1.807, 2.05) is 0 Å². The summed E-state index contributed by atoms with van der Waals surface area (Å²) in [6.45, 7) is 3.17. The molecular formula is C12H16N6O7. The number of hydrazine groups is 2. The van der Waals surface area contributed by atoms with Crippen LogP contribution >= 0.6 is 0 Å². The van der Waals surface area contributed by atoms with Gasteiger partial charge in [-0.15, -0.1) is 0 Å². The summed E-state index contributed by atoms with van der Waals surface area (Å²) in [5, 5.41) is 6.48. The zero-order valence-electron chi connectivity index (χ0n) is 13.3. The van der Waals surface area contributed by atoms with Gasteiger partial charge < -0.3 is 14.9 Å². The summed E-state index contributed by atoms with van der Waals surface area (Å²) in [6, 6.07) is 0. The number of ether oxygens (including phenoxy) is 2. The summed E-state index contributed by atoms with van der Waals surface area (Å²) in [5.74, 6) is 1.18. The summed E-state index contributed by atoms with van der Waals surface area (Å²) in [7, 11) is 0. The number of aromatic nitrogens is 2. The minimum atomic E-state index is -0.950. The average Bonchev–Trinajstić information content (AvgIpc) is 3.07. The van der Waals surface area contributed by atoms with Gasteiger partial charge in [0.25, 0.3) is 11.8 Å². The number of nitrogens with two attached hydrogens (primary N) is 1. The Morgan fingerprint density at radius 3 is 2.04 bits per heavy atom. The predicted molar refractivity (Wildman–Crippen MR) is 77.9 cm³/mol. The number of rotatable bonds is 8. The quantitative estimate of drug-likeness (QED) is 0.0760. The largest absolute Gasteiger partial charge is 0.462 e. The van der Waals surface area contributed by atoms with Crippen LogP contribution in [0.1, 0.15) is 34.8 Å². The highest BCUT2D eigenvalue weighted by atomic mass is 16.6. The van der Waals surface area contributed by atoms with Gasteiger partial charge in [0, 0.05) is 6.20 Å². The lowest BCUT2D eigenvalue weighted by molar-refractivity contribution is -0.146. The van der Waals surface area contributed by atoms with Gasteiger partial charge in [-0.05, 0) is 24.2 Å². The van der Waals surface area contributed by atoms with Crippen LogP contribution in [0.3, 0.4) is 0 Å². The lowest BCUT2D eigenvalue weighted by Gasteiger charge is -2.08. The van der Waals surface area contributed by atoms with Crippen LogP contribution in [0.2, 0.25) is 0 Å². The summed E-state index contributed by atoms with van der Waals surface area (Å²) >= 11 is 0. The molecule has 0 bridgehead atoms. The molecule has 0 fully saturated rings. The minimum Gasteiger partial charge on any atom is -0.462 e. The van der Waals surface area contributed by atoms with E-state index in [4.69, 9.17) is 15.3 Å². The third-order valence-electron chi connectivity index (χ3n) is 2.44. The first kappa shape index (κ1) is 19.6. The lowest BCUT2D eigenvalue weighted by atomic mass is 10.3. The third-order valence-corrected chi connectivity index (χ3v) is 2.44. The van der Waals surface area contributed by atoms with Crippen molar-refractivity contribution in [1.82, 2.24) is 26.6 Å². The number of hydrogen-bond acceptors (Lipinski definition) is 11. The molecule has 0 aliphatic rings. The van der Waals surface area contributed by atoms with Gasteiger partial charge in [-0.25, -0.2) is 20.1 Å². The van der Waals surface area contributed by atoms with Crippen LogP contribution in [0.15, 0.2) is 16.4 Å². The Morgan fingerprint density at radius 1 is 1.04 bits per heavy atom. The maximum atomic E-state index is 11.9. The van der Waals surface area contributed by atoms with Crippen LogP contribution in [0.25, 0.3) is 0 Å². The van der Waals surface area contributed by atoms with Gasteiger partial charge in [0.05, 0.1) is 13.2 Å². The van der Waals surface area contributed by atoms with E-state index in [2.05, 4.69) is 25.8 Å². The van der Waals surface area contributed by atoms with Crippen molar-refractivity contribution in [2.24, 2.45) is 5.84 Å². The van der Waals surface area contributed by atoms with Crippen LogP contribution in [-0.4, -0.2) is 47.3 Å². The van der Waals surface area contributed by atoms with E-state index in [1.54, 1.807) is 19.3 Å². The fraction of sp³-hybridized carbons (Fsp3) is 0.333. The smallest absolute Gasteiger partial charge is 0.347 e. The summed E-state index contributed by atoms with van der Waals surface area (Å²) in [5.41, 5.74) is 4.61. The molecule has 25 heavy (non-hydrogen) atoms. The van der Waals surface area contributed by atoms with E-state index in [0.717, 1.165) is 6.20 Å². The molecule has 2 amide bonds. The first-order chi connectivity index (χ1) is 12.0. The zero-order chi connectivity index (χ0) is 18.8. The van der Waals surface area contributed by atoms with Gasteiger partial charge in [0.2, 0.25) is 11.4 Å². The van der Waals surface area contributed by atoms with E-state index in [9.17, 15) is 19.2 Å². The molecule has 5 N–H and O–H groups in total. The molecule has 13 heteroatoms. The first-order valence-corrected chi connectivity index (χ1v) is 6.89. The molecule has 13 nitrogen and oxygen atoms in total. The van der Waals surface area contributed by atoms with Gasteiger partial charge in [-0.2, -0.15) is 0 Å². The number of carbonyl (C=O) groups is 4. The molecule has 1 rings (SSSR count). The topological polar surface area (TPSA) is 188 Å². The fourth-order valence-electron chi connectivity index (χ4n) is 1.41. The molecule has 0 aliphatic heterocycles. The van der Waals surface area contributed by atoms with Crippen molar-refractivity contribution < 1.29 is 33.3 Å². The standard InChI is InChI=1S/C12H16N6O7/c1-3-23-11(21)6(12(22)24-4-2)5-14-16-10(20)8-7(9(19)15-13)17-25-18-8/h5,14H,3-4,13H2,1-2H3,(H,15,19)(H,16,20). The number of hydrogen-bond donors (Lipinski definition) is 4. The van der Waals surface area contributed by atoms with Crippen molar-refractivity contribution in [2.45, 2.75) is 13.8 Å². The minimum absolute atomic E-state index is 0.0319. The van der Waals surface area contributed by atoms with Gasteiger partial charge >= 0.3 is 11.9 Å². The SMILES string of the molecule is CCOC(=O)C(=CNNC(=O)c1nonc1C(=O)NN)C(=O)OCC. The number of nitrogen functional groups attached to an aromatic ring is 1. The zero-order valence-corrected chi connectivity index (χ0v) is 13.3. The first-order valence-electron chi connectivity index (χ1n) is 6.89. The highest BCUT2D eigenvalue weighted by Gasteiger charge is 2.24. The molecule has 0 spiro atoms. The fourth-order valence-corrected chi connectivity index (χ4v) is 1.41. The molecule has 1 heterocycles. The summed E-state index contributed by atoms with van der Waals surface area (Å²) in [4.78, 5) is 46.7. The summed E-state index contributed by atoms with van der Waals surface area (Å²) < 4.78 is 13.7. The Bertz CT molecular complexity index is 663. The van der Waals surface area contributed by atoms with Gasteiger partial charge in [-0.1, -0.05) is 0 Å². The Balaban J connectivity index is 2.82. The van der Waals surface area contributed by atoms with Crippen LogP contribution in [0.4, 0.5) is 0 Å². The molecule has 0 radical (unpaired) electrons. The van der Waals surface area contributed by atoms with Crippen molar-refractivity contribution in [3.05, 3.63) is 23.2 Å². The van der Waals surface area contributed by atoms with E-state index in [1.165, 1.54) is 0 Å². The van der Waals surface area contributed by atoms with Gasteiger partial charge in [0.15, 0.2) is 5.57 Å². The van der Waals surface area contributed by atoms with Gasteiger partial charge in [0.1, 0.15) is 0 Å². The Labute approximate surface area is 140 Å².